The van der Waals surface area contributed by atoms with E-state index in [2.05, 4.69) is 26.8 Å². The Balaban J connectivity index is 1.19. The maximum atomic E-state index is 13.1. The Bertz CT molecular complexity index is 829. The molecule has 5 nitrogen and oxygen atoms in total. The van der Waals surface area contributed by atoms with Gasteiger partial charge in [-0.05, 0) is 42.0 Å². The van der Waals surface area contributed by atoms with Crippen LogP contribution < -0.4 is 4.90 Å². The van der Waals surface area contributed by atoms with Crippen molar-refractivity contribution in [2.45, 2.75) is 6.54 Å². The fraction of sp³-hybridized carbons (Fsp3) is 0.435. The van der Waals surface area contributed by atoms with E-state index in [0.29, 0.717) is 6.54 Å². The number of benzene rings is 2. The lowest BCUT2D eigenvalue weighted by molar-refractivity contribution is -0.134. The second-order valence-electron chi connectivity index (χ2n) is 8.02. The monoisotopic (exact) mass is 430 g/mol. The van der Waals surface area contributed by atoms with Gasteiger partial charge in [-0.3, -0.25) is 14.6 Å². The number of halogens is 2. The average molecular weight is 431 g/mol. The molecule has 0 spiro atoms. The van der Waals surface area contributed by atoms with Gasteiger partial charge in [0.15, 0.2) is 0 Å². The van der Waals surface area contributed by atoms with Crippen molar-refractivity contribution in [3.8, 4) is 0 Å². The molecule has 0 aliphatic carbocycles. The topological polar surface area (TPSA) is 30.0 Å². The minimum Gasteiger partial charge on any atom is -0.369 e. The van der Waals surface area contributed by atoms with Gasteiger partial charge in [0.1, 0.15) is 5.82 Å². The number of amides is 1. The highest BCUT2D eigenvalue weighted by atomic mass is 35.5. The Labute approximate surface area is 182 Å². The highest BCUT2D eigenvalue weighted by Crippen LogP contribution is 2.17. The predicted octanol–water partition coefficient (Wildman–Crippen LogP) is 2.95. The van der Waals surface area contributed by atoms with E-state index in [1.54, 1.807) is 0 Å². The Hall–Kier alpha value is -2.15. The zero-order valence-corrected chi connectivity index (χ0v) is 17.9. The van der Waals surface area contributed by atoms with Crippen LogP contribution >= 0.6 is 11.6 Å². The normalized spacial score (nSPS) is 18.6. The highest BCUT2D eigenvalue weighted by molar-refractivity contribution is 6.30. The van der Waals surface area contributed by atoms with Crippen LogP contribution in [0.25, 0.3) is 0 Å². The van der Waals surface area contributed by atoms with Crippen molar-refractivity contribution < 1.29 is 9.18 Å². The zero-order chi connectivity index (χ0) is 20.9. The van der Waals surface area contributed by atoms with Gasteiger partial charge in [-0.1, -0.05) is 23.7 Å². The van der Waals surface area contributed by atoms with Gasteiger partial charge in [0, 0.05) is 69.6 Å². The van der Waals surface area contributed by atoms with Crippen molar-refractivity contribution in [2.75, 3.05) is 63.8 Å². The van der Waals surface area contributed by atoms with Gasteiger partial charge in [0.25, 0.3) is 0 Å². The molecule has 160 valence electrons. The van der Waals surface area contributed by atoms with Gasteiger partial charge in [0.2, 0.25) is 5.91 Å². The van der Waals surface area contributed by atoms with E-state index in [4.69, 9.17) is 11.6 Å². The summed E-state index contributed by atoms with van der Waals surface area (Å²) < 4.78 is 13.1. The van der Waals surface area contributed by atoms with E-state index >= 15 is 0 Å². The smallest absolute Gasteiger partial charge is 0.236 e. The summed E-state index contributed by atoms with van der Waals surface area (Å²) in [7, 11) is 0. The molecule has 0 bridgehead atoms. The van der Waals surface area contributed by atoms with Crippen LogP contribution in [0.5, 0.6) is 0 Å². The second kappa shape index (κ2) is 9.77. The molecule has 2 saturated heterocycles. The van der Waals surface area contributed by atoms with E-state index in [1.807, 2.05) is 29.2 Å². The number of hydrogen-bond acceptors (Lipinski definition) is 4. The molecule has 7 heteroatoms. The largest absolute Gasteiger partial charge is 0.369 e. The van der Waals surface area contributed by atoms with Crippen LogP contribution in [0.15, 0.2) is 48.5 Å². The predicted molar refractivity (Wildman–Crippen MR) is 118 cm³/mol. The van der Waals surface area contributed by atoms with Crippen LogP contribution in [0.1, 0.15) is 5.56 Å². The third-order valence-corrected chi connectivity index (χ3v) is 6.22. The molecule has 2 fully saturated rings. The maximum Gasteiger partial charge on any atom is 0.236 e. The van der Waals surface area contributed by atoms with Crippen molar-refractivity contribution in [1.29, 1.82) is 0 Å². The fourth-order valence-corrected chi connectivity index (χ4v) is 4.24. The van der Waals surface area contributed by atoms with E-state index in [-0.39, 0.29) is 11.7 Å². The maximum absolute atomic E-state index is 13.1. The summed E-state index contributed by atoms with van der Waals surface area (Å²) in [5.41, 5.74) is 2.29. The summed E-state index contributed by atoms with van der Waals surface area (Å²) in [6.45, 7) is 8.13. The first-order valence-electron chi connectivity index (χ1n) is 10.5. The van der Waals surface area contributed by atoms with E-state index < -0.39 is 0 Å². The number of piperazine rings is 2. The summed E-state index contributed by atoms with van der Waals surface area (Å²) in [5, 5.41) is 0.757. The number of anilines is 1. The van der Waals surface area contributed by atoms with E-state index in [0.717, 1.165) is 69.6 Å². The molecular formula is C23H28ClFN4O. The standard InChI is InChI=1S/C23H28ClFN4O/c24-20-3-1-19(2-4-20)17-26-11-15-29(16-12-26)23(30)18-27-9-13-28(14-10-27)22-7-5-21(25)6-8-22/h1-8H,9-18H2. The summed E-state index contributed by atoms with van der Waals surface area (Å²) in [6.07, 6.45) is 0. The van der Waals surface area contributed by atoms with Crippen molar-refractivity contribution in [2.24, 2.45) is 0 Å². The highest BCUT2D eigenvalue weighted by Gasteiger charge is 2.25. The lowest BCUT2D eigenvalue weighted by Crippen LogP contribution is -2.53. The van der Waals surface area contributed by atoms with E-state index in [1.165, 1.54) is 17.7 Å². The van der Waals surface area contributed by atoms with Gasteiger partial charge < -0.3 is 9.80 Å². The SMILES string of the molecule is O=C(CN1CCN(c2ccc(F)cc2)CC1)N1CCN(Cc2ccc(Cl)cc2)CC1. The Kier molecular flexibility index (Phi) is 6.87. The summed E-state index contributed by atoms with van der Waals surface area (Å²) in [5.74, 6) is 0.00706. The first-order valence-corrected chi connectivity index (χ1v) is 10.9. The van der Waals surface area contributed by atoms with Crippen LogP contribution in [0.4, 0.5) is 10.1 Å². The van der Waals surface area contributed by atoms with Gasteiger partial charge in [0.05, 0.1) is 6.54 Å². The number of carbonyl (C=O) groups excluding carboxylic acids is 1. The summed E-state index contributed by atoms with van der Waals surface area (Å²) in [4.78, 5) is 21.6. The molecular weight excluding hydrogens is 403 g/mol. The quantitative estimate of drug-likeness (QED) is 0.729. The average Bonchev–Trinajstić information content (AvgIpc) is 2.77. The van der Waals surface area contributed by atoms with Crippen LogP contribution in [0.3, 0.4) is 0 Å². The Morgan fingerprint density at radius 3 is 2.03 bits per heavy atom. The molecule has 2 aliphatic rings. The molecule has 2 heterocycles. The molecule has 1 amide bonds. The first kappa shape index (κ1) is 21.1. The zero-order valence-electron chi connectivity index (χ0n) is 17.1. The molecule has 0 radical (unpaired) electrons. The second-order valence-corrected chi connectivity index (χ2v) is 8.46. The Morgan fingerprint density at radius 1 is 0.800 bits per heavy atom. The number of carbonyl (C=O) groups is 1. The molecule has 0 atom stereocenters. The molecule has 2 aliphatic heterocycles. The van der Waals surface area contributed by atoms with Gasteiger partial charge in [-0.2, -0.15) is 0 Å². The molecule has 2 aromatic rings. The fourth-order valence-electron chi connectivity index (χ4n) is 4.11. The molecule has 0 aromatic heterocycles. The third kappa shape index (κ3) is 5.50. The number of hydrogen-bond donors (Lipinski definition) is 0. The lowest BCUT2D eigenvalue weighted by Gasteiger charge is -2.38. The van der Waals surface area contributed by atoms with Crippen LogP contribution in [0, 0.1) is 5.82 Å². The molecule has 0 N–H and O–H groups in total. The summed E-state index contributed by atoms with van der Waals surface area (Å²) >= 11 is 5.96. The first-order chi connectivity index (χ1) is 14.6. The molecule has 2 aromatic carbocycles. The Morgan fingerprint density at radius 2 is 1.40 bits per heavy atom. The van der Waals surface area contributed by atoms with Gasteiger partial charge >= 0.3 is 0 Å². The number of nitrogens with zero attached hydrogens (tertiary/aromatic N) is 4. The van der Waals surface area contributed by atoms with Crippen LogP contribution in [-0.2, 0) is 11.3 Å². The minimum absolute atomic E-state index is 0.212. The van der Waals surface area contributed by atoms with Crippen LogP contribution in [-0.4, -0.2) is 79.5 Å². The van der Waals surface area contributed by atoms with E-state index in [9.17, 15) is 9.18 Å². The van der Waals surface area contributed by atoms with Crippen molar-refractivity contribution >= 4 is 23.2 Å². The van der Waals surface area contributed by atoms with Gasteiger partial charge in [-0.15, -0.1) is 0 Å². The van der Waals surface area contributed by atoms with Gasteiger partial charge in [-0.25, -0.2) is 4.39 Å². The molecule has 0 saturated carbocycles. The third-order valence-electron chi connectivity index (χ3n) is 5.97. The molecule has 0 unspecified atom stereocenters. The summed E-state index contributed by atoms with van der Waals surface area (Å²) in [6, 6.07) is 14.6. The number of rotatable bonds is 5. The van der Waals surface area contributed by atoms with Crippen molar-refractivity contribution in [1.82, 2.24) is 14.7 Å². The molecule has 30 heavy (non-hydrogen) atoms. The van der Waals surface area contributed by atoms with Crippen molar-refractivity contribution in [3.05, 3.63) is 64.9 Å². The lowest BCUT2D eigenvalue weighted by atomic mass is 10.2. The minimum atomic E-state index is -0.212. The molecule has 4 rings (SSSR count). The van der Waals surface area contributed by atoms with Crippen LogP contribution in [0.2, 0.25) is 5.02 Å². The van der Waals surface area contributed by atoms with Crippen molar-refractivity contribution in [3.63, 3.8) is 0 Å².